The summed E-state index contributed by atoms with van der Waals surface area (Å²) in [5.74, 6) is 0. The highest BCUT2D eigenvalue weighted by molar-refractivity contribution is 6.52. The Morgan fingerprint density at radius 2 is 2.44 bits per heavy atom. The Morgan fingerprint density at radius 3 is 3.00 bits per heavy atom. The summed E-state index contributed by atoms with van der Waals surface area (Å²) in [6.07, 6.45) is 2.65. The molecular weight excluding hydrogens is 147 g/mol. The van der Waals surface area contributed by atoms with E-state index in [2.05, 4.69) is 0 Å². The monoisotopic (exact) mass is 160 g/mol. The van der Waals surface area contributed by atoms with E-state index in [0.717, 1.165) is 22.6 Å². The van der Waals surface area contributed by atoms with E-state index < -0.39 is 14.5 Å². The molecule has 2 nitrogen and oxygen atoms in total. The second-order valence-electron chi connectivity index (χ2n) is 2.44. The van der Waals surface area contributed by atoms with Crippen molar-refractivity contribution in [1.82, 2.24) is 0 Å². The fraction of sp³-hybridized carbons (Fsp3) is 1.00. The van der Waals surface area contributed by atoms with Crippen molar-refractivity contribution in [3.63, 3.8) is 0 Å². The van der Waals surface area contributed by atoms with Crippen molar-refractivity contribution in [3.05, 3.63) is 0 Å². The summed E-state index contributed by atoms with van der Waals surface area (Å²) < 4.78 is 10.7. The predicted octanol–water partition coefficient (Wildman–Crippen LogP) is -0.376. The van der Waals surface area contributed by atoms with Crippen LogP contribution in [0.3, 0.4) is 0 Å². The maximum atomic E-state index is 5.55. The Balaban J connectivity index is 2.08. The molecule has 9 heavy (non-hydrogen) atoms. The molecule has 0 spiro atoms. The molecule has 0 radical (unpaired) electrons. The minimum absolute atomic E-state index is 0.814. The molecule has 0 saturated carbocycles. The van der Waals surface area contributed by atoms with Gasteiger partial charge in [0.05, 0.1) is 0 Å². The molecule has 0 N–H and O–H groups in total. The summed E-state index contributed by atoms with van der Waals surface area (Å²) in [5, 5.41) is 1.34. The van der Waals surface area contributed by atoms with Crippen LogP contribution in [0.5, 0.6) is 0 Å². The SMILES string of the molecule is [SiH3]O[CH2][Al]1[CH2]CCC[O]1. The van der Waals surface area contributed by atoms with Crippen molar-refractivity contribution in [2.45, 2.75) is 18.1 Å². The molecule has 0 atom stereocenters. The van der Waals surface area contributed by atoms with Crippen LogP contribution in [-0.2, 0) is 8.21 Å². The van der Waals surface area contributed by atoms with Crippen molar-refractivity contribution in [3.8, 4) is 0 Å². The minimum Gasteiger partial charge on any atom is -0.500 e. The van der Waals surface area contributed by atoms with Gasteiger partial charge in [0.25, 0.3) is 0 Å². The highest BCUT2D eigenvalue weighted by atomic mass is 28.2. The van der Waals surface area contributed by atoms with Gasteiger partial charge in [-0.2, -0.15) is 0 Å². The zero-order valence-electron chi connectivity index (χ0n) is 5.93. The average molecular weight is 160 g/mol. The summed E-state index contributed by atoms with van der Waals surface area (Å²) in [6, 6.07) is 0. The minimum atomic E-state index is -0.814. The molecule has 0 aromatic carbocycles. The van der Waals surface area contributed by atoms with Crippen LogP contribution in [0.2, 0.25) is 5.28 Å². The Kier molecular flexibility index (Phi) is 3.87. The highest BCUT2D eigenvalue weighted by Crippen LogP contribution is 2.09. The summed E-state index contributed by atoms with van der Waals surface area (Å²) in [6.45, 7) is 1.00. The Hall–Kier alpha value is 0.669. The van der Waals surface area contributed by atoms with Crippen molar-refractivity contribution in [2.75, 3.05) is 12.1 Å². The fourth-order valence-electron chi connectivity index (χ4n) is 1.12. The molecule has 0 aromatic heterocycles. The lowest BCUT2D eigenvalue weighted by Gasteiger charge is -2.17. The maximum absolute atomic E-state index is 5.55. The van der Waals surface area contributed by atoms with E-state index in [-0.39, 0.29) is 0 Å². The Bertz CT molecular complexity index is 72.6. The van der Waals surface area contributed by atoms with Crippen LogP contribution in [-0.4, -0.2) is 37.0 Å². The molecule has 1 saturated heterocycles. The fourth-order valence-corrected chi connectivity index (χ4v) is 4.29. The first kappa shape index (κ1) is 7.77. The predicted molar refractivity (Wildman–Crippen MR) is 41.6 cm³/mol. The lowest BCUT2D eigenvalue weighted by atomic mass is 10.4. The molecule has 1 heterocycles. The molecule has 1 fully saturated rings. The summed E-state index contributed by atoms with van der Waals surface area (Å²) >= 11 is -0.814. The molecule has 4 heteroatoms. The summed E-state index contributed by atoms with van der Waals surface area (Å²) in [5.41, 5.74) is 0.965. The molecule has 0 bridgehead atoms. The second-order valence-corrected chi connectivity index (χ2v) is 5.51. The first-order valence-corrected chi connectivity index (χ1v) is 6.46. The molecule has 0 amide bonds. The zero-order chi connectivity index (χ0) is 6.53. The Labute approximate surface area is 63.8 Å². The van der Waals surface area contributed by atoms with Crippen LogP contribution < -0.4 is 0 Å². The van der Waals surface area contributed by atoms with Crippen molar-refractivity contribution >= 4 is 25.0 Å². The van der Waals surface area contributed by atoms with Crippen LogP contribution in [0, 0.1) is 0 Å². The first-order chi connectivity index (χ1) is 4.43. The van der Waals surface area contributed by atoms with Gasteiger partial charge < -0.3 is 8.21 Å². The highest BCUT2D eigenvalue weighted by Gasteiger charge is 2.22. The van der Waals surface area contributed by atoms with Gasteiger partial charge in [-0.25, -0.2) is 0 Å². The molecule has 0 aliphatic carbocycles. The number of hydrogen-bond acceptors (Lipinski definition) is 2. The maximum Gasteiger partial charge on any atom is 0.487 e. The van der Waals surface area contributed by atoms with Gasteiger partial charge in [-0.05, 0) is 6.42 Å². The van der Waals surface area contributed by atoms with E-state index in [1.54, 1.807) is 0 Å². The van der Waals surface area contributed by atoms with E-state index in [0.29, 0.717) is 0 Å². The largest absolute Gasteiger partial charge is 0.500 e. The van der Waals surface area contributed by atoms with Gasteiger partial charge in [-0.1, -0.05) is 11.7 Å². The third-order valence-corrected chi connectivity index (χ3v) is 5.09. The van der Waals surface area contributed by atoms with Crippen LogP contribution in [0.15, 0.2) is 0 Å². The molecular formula is C5H13AlO2Si. The van der Waals surface area contributed by atoms with E-state index in [9.17, 15) is 0 Å². The summed E-state index contributed by atoms with van der Waals surface area (Å²) in [7, 11) is 0.877. The number of hydrogen-bond donors (Lipinski definition) is 0. The van der Waals surface area contributed by atoms with Crippen LogP contribution >= 0.6 is 0 Å². The normalized spacial score (nSPS) is 20.7. The van der Waals surface area contributed by atoms with Gasteiger partial charge in [0.1, 0.15) is 10.5 Å². The van der Waals surface area contributed by atoms with Crippen molar-refractivity contribution < 1.29 is 8.21 Å². The average Bonchev–Trinajstić information content (AvgIpc) is 1.91. The van der Waals surface area contributed by atoms with Gasteiger partial charge in [-0.15, -0.1) is 0 Å². The van der Waals surface area contributed by atoms with E-state index in [1.807, 2.05) is 0 Å². The number of rotatable bonds is 2. The zero-order valence-corrected chi connectivity index (χ0v) is 9.08. The van der Waals surface area contributed by atoms with Gasteiger partial charge in [0.2, 0.25) is 0 Å². The standard InChI is InChI=1S/C4H8O.CH5OSi.Al/c1-2-3-4-5;1-2-3;/h1-4H2;1H2,3H3;/q-1;;+1. The third kappa shape index (κ3) is 2.83. The van der Waals surface area contributed by atoms with Gasteiger partial charge in [-0.3, -0.25) is 0 Å². The quantitative estimate of drug-likeness (QED) is 0.513. The van der Waals surface area contributed by atoms with Crippen LogP contribution in [0.4, 0.5) is 0 Å². The Morgan fingerprint density at radius 1 is 1.56 bits per heavy atom. The molecule has 52 valence electrons. The van der Waals surface area contributed by atoms with Gasteiger partial charge in [0.15, 0.2) is 0 Å². The van der Waals surface area contributed by atoms with Crippen LogP contribution in [0.1, 0.15) is 12.8 Å². The topological polar surface area (TPSA) is 18.5 Å². The third-order valence-electron chi connectivity index (χ3n) is 1.63. The molecule has 0 aromatic rings. The molecule has 1 aliphatic rings. The molecule has 1 aliphatic heterocycles. The van der Waals surface area contributed by atoms with E-state index in [4.69, 9.17) is 8.21 Å². The lowest BCUT2D eigenvalue weighted by molar-refractivity contribution is 0.263. The van der Waals surface area contributed by atoms with Gasteiger partial charge >= 0.3 is 14.5 Å². The smallest absolute Gasteiger partial charge is 0.487 e. The first-order valence-electron chi connectivity index (χ1n) is 3.54. The second kappa shape index (κ2) is 4.48. The molecule has 1 rings (SSSR count). The lowest BCUT2D eigenvalue weighted by Crippen LogP contribution is -2.28. The van der Waals surface area contributed by atoms with Crippen LogP contribution in [0.25, 0.3) is 0 Å². The van der Waals surface area contributed by atoms with Crippen molar-refractivity contribution in [2.24, 2.45) is 0 Å². The van der Waals surface area contributed by atoms with Crippen molar-refractivity contribution in [1.29, 1.82) is 0 Å². The molecule has 0 unspecified atom stereocenters. The van der Waals surface area contributed by atoms with E-state index in [1.165, 1.54) is 18.1 Å². The summed E-state index contributed by atoms with van der Waals surface area (Å²) in [4.78, 5) is 0. The van der Waals surface area contributed by atoms with Gasteiger partial charge in [0, 0.05) is 12.1 Å². The van der Waals surface area contributed by atoms with E-state index >= 15 is 0 Å².